The Morgan fingerprint density at radius 2 is 1.80 bits per heavy atom. The molecule has 0 aliphatic rings. The number of ether oxygens (including phenoxy) is 3. The van der Waals surface area contributed by atoms with Crippen LogP contribution in [0.1, 0.15) is 15.9 Å². The number of nitrogens with zero attached hydrogens (tertiary/aromatic N) is 1. The first kappa shape index (κ1) is 18.5. The van der Waals surface area contributed by atoms with Gasteiger partial charge in [0.2, 0.25) is 5.75 Å². The SMILES string of the molecule is COc1cc(CNCCNC(=O)c2cccnc2)cc(OC)c1OC. The van der Waals surface area contributed by atoms with E-state index in [1.807, 2.05) is 12.1 Å². The maximum atomic E-state index is 11.9. The highest BCUT2D eigenvalue weighted by molar-refractivity contribution is 5.93. The summed E-state index contributed by atoms with van der Waals surface area (Å²) in [6.07, 6.45) is 3.18. The van der Waals surface area contributed by atoms with Crippen molar-refractivity contribution < 1.29 is 19.0 Å². The van der Waals surface area contributed by atoms with Gasteiger partial charge >= 0.3 is 0 Å². The Kier molecular flexibility index (Phi) is 7.03. The van der Waals surface area contributed by atoms with Crippen molar-refractivity contribution in [3.05, 3.63) is 47.8 Å². The smallest absolute Gasteiger partial charge is 0.252 e. The molecule has 0 fully saturated rings. The van der Waals surface area contributed by atoms with Gasteiger partial charge in [0.1, 0.15) is 0 Å². The third kappa shape index (κ3) is 5.09. The molecule has 2 N–H and O–H groups in total. The molecule has 2 rings (SSSR count). The summed E-state index contributed by atoms with van der Waals surface area (Å²) in [5, 5.41) is 6.10. The number of benzene rings is 1. The highest BCUT2D eigenvalue weighted by Gasteiger charge is 2.12. The summed E-state index contributed by atoms with van der Waals surface area (Å²) in [4.78, 5) is 15.8. The van der Waals surface area contributed by atoms with Crippen LogP contribution in [0.25, 0.3) is 0 Å². The van der Waals surface area contributed by atoms with Crippen molar-refractivity contribution in [2.45, 2.75) is 6.54 Å². The van der Waals surface area contributed by atoms with Crippen LogP contribution in [0.5, 0.6) is 17.2 Å². The Morgan fingerprint density at radius 1 is 1.08 bits per heavy atom. The Balaban J connectivity index is 1.82. The largest absolute Gasteiger partial charge is 0.493 e. The van der Waals surface area contributed by atoms with Gasteiger partial charge in [0.05, 0.1) is 26.9 Å². The van der Waals surface area contributed by atoms with Gasteiger partial charge in [-0.15, -0.1) is 0 Å². The van der Waals surface area contributed by atoms with Gasteiger partial charge in [0.15, 0.2) is 11.5 Å². The number of carbonyl (C=O) groups is 1. The van der Waals surface area contributed by atoms with E-state index >= 15 is 0 Å². The van der Waals surface area contributed by atoms with Crippen molar-refractivity contribution in [2.24, 2.45) is 0 Å². The molecule has 7 heteroatoms. The molecular formula is C18H23N3O4. The first-order valence-corrected chi connectivity index (χ1v) is 7.87. The van der Waals surface area contributed by atoms with E-state index in [2.05, 4.69) is 15.6 Å². The second kappa shape index (κ2) is 9.48. The van der Waals surface area contributed by atoms with Crippen LogP contribution in [0, 0.1) is 0 Å². The standard InChI is InChI=1S/C18H23N3O4/c1-23-15-9-13(10-16(24-2)17(15)25-3)11-20-7-8-21-18(22)14-5-4-6-19-12-14/h4-6,9-10,12,20H,7-8,11H2,1-3H3,(H,21,22). The van der Waals surface area contributed by atoms with E-state index in [1.54, 1.807) is 45.9 Å². The van der Waals surface area contributed by atoms with Crippen molar-refractivity contribution >= 4 is 5.91 Å². The predicted molar refractivity (Wildman–Crippen MR) is 94.4 cm³/mol. The second-order valence-corrected chi connectivity index (χ2v) is 5.21. The molecule has 0 spiro atoms. The lowest BCUT2D eigenvalue weighted by molar-refractivity contribution is 0.0953. The molecule has 1 aromatic heterocycles. The van der Waals surface area contributed by atoms with Crippen LogP contribution in [0.3, 0.4) is 0 Å². The van der Waals surface area contributed by atoms with Crippen LogP contribution in [-0.4, -0.2) is 45.3 Å². The van der Waals surface area contributed by atoms with Crippen molar-refractivity contribution in [1.29, 1.82) is 0 Å². The number of rotatable bonds is 9. The number of pyridine rings is 1. The molecular weight excluding hydrogens is 322 g/mol. The van der Waals surface area contributed by atoms with Crippen molar-refractivity contribution in [3.8, 4) is 17.2 Å². The summed E-state index contributed by atoms with van der Waals surface area (Å²) in [5.74, 6) is 1.66. The molecule has 0 atom stereocenters. The molecule has 0 bridgehead atoms. The zero-order valence-electron chi connectivity index (χ0n) is 14.7. The third-order valence-corrected chi connectivity index (χ3v) is 3.56. The minimum absolute atomic E-state index is 0.136. The molecule has 7 nitrogen and oxygen atoms in total. The van der Waals surface area contributed by atoms with E-state index in [0.717, 1.165) is 5.56 Å². The summed E-state index contributed by atoms with van der Waals surface area (Å²) in [7, 11) is 4.74. The molecule has 0 saturated carbocycles. The fourth-order valence-electron chi connectivity index (χ4n) is 2.33. The van der Waals surface area contributed by atoms with Gasteiger partial charge < -0.3 is 24.8 Å². The van der Waals surface area contributed by atoms with Crippen LogP contribution in [0.15, 0.2) is 36.7 Å². The fraction of sp³-hybridized carbons (Fsp3) is 0.333. The van der Waals surface area contributed by atoms with Crippen LogP contribution in [-0.2, 0) is 6.54 Å². The first-order chi connectivity index (χ1) is 12.2. The van der Waals surface area contributed by atoms with Crippen molar-refractivity contribution in [1.82, 2.24) is 15.6 Å². The highest BCUT2D eigenvalue weighted by Crippen LogP contribution is 2.38. The van der Waals surface area contributed by atoms with E-state index in [4.69, 9.17) is 14.2 Å². The van der Waals surface area contributed by atoms with Gasteiger partial charge in [-0.1, -0.05) is 0 Å². The molecule has 2 aromatic rings. The van der Waals surface area contributed by atoms with Gasteiger partial charge in [0, 0.05) is 32.0 Å². The topological polar surface area (TPSA) is 81.7 Å². The predicted octanol–water partition coefficient (Wildman–Crippen LogP) is 1.63. The summed E-state index contributed by atoms with van der Waals surface area (Å²) >= 11 is 0. The first-order valence-electron chi connectivity index (χ1n) is 7.87. The van der Waals surface area contributed by atoms with E-state index in [-0.39, 0.29) is 5.91 Å². The average molecular weight is 345 g/mol. The van der Waals surface area contributed by atoms with Crippen LogP contribution in [0.2, 0.25) is 0 Å². The summed E-state index contributed by atoms with van der Waals surface area (Å²) < 4.78 is 16.0. The molecule has 0 radical (unpaired) electrons. The van der Waals surface area contributed by atoms with Crippen LogP contribution in [0.4, 0.5) is 0 Å². The zero-order valence-corrected chi connectivity index (χ0v) is 14.7. The number of nitrogens with one attached hydrogen (secondary N) is 2. The molecule has 134 valence electrons. The fourth-order valence-corrected chi connectivity index (χ4v) is 2.33. The summed E-state index contributed by atoms with van der Waals surface area (Å²) in [6.45, 7) is 1.75. The maximum Gasteiger partial charge on any atom is 0.252 e. The van der Waals surface area contributed by atoms with E-state index in [9.17, 15) is 4.79 Å². The number of hydrogen-bond donors (Lipinski definition) is 2. The average Bonchev–Trinajstić information content (AvgIpc) is 2.67. The maximum absolute atomic E-state index is 11.9. The zero-order chi connectivity index (χ0) is 18.1. The van der Waals surface area contributed by atoms with E-state index < -0.39 is 0 Å². The highest BCUT2D eigenvalue weighted by atomic mass is 16.5. The van der Waals surface area contributed by atoms with Gasteiger partial charge in [-0.05, 0) is 29.8 Å². The molecule has 0 aliphatic heterocycles. The normalized spacial score (nSPS) is 10.2. The molecule has 0 saturated heterocycles. The lowest BCUT2D eigenvalue weighted by atomic mass is 10.1. The van der Waals surface area contributed by atoms with Gasteiger partial charge in [0.25, 0.3) is 5.91 Å². The lowest BCUT2D eigenvalue weighted by Crippen LogP contribution is -2.31. The Labute approximate surface area is 147 Å². The summed E-state index contributed by atoms with van der Waals surface area (Å²) in [6, 6.07) is 7.24. The number of aromatic nitrogens is 1. The van der Waals surface area contributed by atoms with Crippen molar-refractivity contribution in [2.75, 3.05) is 34.4 Å². The van der Waals surface area contributed by atoms with E-state index in [1.165, 1.54) is 0 Å². The second-order valence-electron chi connectivity index (χ2n) is 5.21. The Morgan fingerprint density at radius 3 is 2.36 bits per heavy atom. The number of hydrogen-bond acceptors (Lipinski definition) is 6. The van der Waals surface area contributed by atoms with Gasteiger partial charge in [-0.2, -0.15) is 0 Å². The third-order valence-electron chi connectivity index (χ3n) is 3.56. The summed E-state index contributed by atoms with van der Waals surface area (Å²) in [5.41, 5.74) is 1.54. The molecule has 1 heterocycles. The van der Waals surface area contributed by atoms with Crippen LogP contribution < -0.4 is 24.8 Å². The number of amides is 1. The van der Waals surface area contributed by atoms with Crippen molar-refractivity contribution in [3.63, 3.8) is 0 Å². The molecule has 0 aliphatic carbocycles. The minimum Gasteiger partial charge on any atom is -0.493 e. The molecule has 1 aromatic carbocycles. The Hall–Kier alpha value is -2.80. The molecule has 25 heavy (non-hydrogen) atoms. The molecule has 0 unspecified atom stereocenters. The van der Waals surface area contributed by atoms with Gasteiger partial charge in [-0.25, -0.2) is 0 Å². The van der Waals surface area contributed by atoms with Gasteiger partial charge in [-0.3, -0.25) is 9.78 Å². The Bertz CT molecular complexity index is 667. The number of carbonyl (C=O) groups excluding carboxylic acids is 1. The number of methoxy groups -OCH3 is 3. The van der Waals surface area contributed by atoms with Crippen LogP contribution >= 0.6 is 0 Å². The monoisotopic (exact) mass is 345 g/mol. The lowest BCUT2D eigenvalue weighted by Gasteiger charge is -2.14. The van der Waals surface area contributed by atoms with E-state index in [0.29, 0.717) is 42.4 Å². The quantitative estimate of drug-likeness (QED) is 0.672. The molecule has 1 amide bonds. The minimum atomic E-state index is -0.136.